The second-order valence-corrected chi connectivity index (χ2v) is 3.56. The Bertz CT molecular complexity index is 169. The lowest BCUT2D eigenvalue weighted by atomic mass is 9.93. The zero-order valence-corrected chi connectivity index (χ0v) is 7.67. The molecule has 70 valence electrons. The molecule has 0 bridgehead atoms. The van der Waals surface area contributed by atoms with E-state index >= 15 is 0 Å². The van der Waals surface area contributed by atoms with E-state index < -0.39 is 5.60 Å². The summed E-state index contributed by atoms with van der Waals surface area (Å²) in [6.07, 6.45) is 3.01. The van der Waals surface area contributed by atoms with Gasteiger partial charge in [0.15, 0.2) is 5.78 Å². The molecule has 1 saturated carbocycles. The molecule has 1 unspecified atom stereocenters. The molecule has 0 heterocycles. The van der Waals surface area contributed by atoms with Crippen molar-refractivity contribution in [2.45, 2.75) is 31.8 Å². The van der Waals surface area contributed by atoms with Crippen LogP contribution in [0, 0.1) is 5.92 Å². The first-order valence-electron chi connectivity index (χ1n) is 4.31. The Morgan fingerprint density at radius 3 is 2.50 bits per heavy atom. The molecule has 0 aromatic carbocycles. The molecule has 1 N–H and O–H groups in total. The third-order valence-electron chi connectivity index (χ3n) is 2.60. The molecule has 0 aromatic heterocycles. The molecule has 12 heavy (non-hydrogen) atoms. The Morgan fingerprint density at radius 1 is 1.67 bits per heavy atom. The predicted octanol–water partition coefficient (Wildman–Crippen LogP) is 0.753. The highest BCUT2D eigenvalue weighted by atomic mass is 16.5. The Hall–Kier alpha value is -0.410. The third-order valence-corrected chi connectivity index (χ3v) is 2.60. The third kappa shape index (κ3) is 1.84. The van der Waals surface area contributed by atoms with E-state index in [9.17, 15) is 4.79 Å². The van der Waals surface area contributed by atoms with Gasteiger partial charge in [0.25, 0.3) is 0 Å². The van der Waals surface area contributed by atoms with Crippen molar-refractivity contribution in [2.24, 2.45) is 5.92 Å². The standard InChI is InChI=1S/C9H16O3/c1-7(11)9(6-10,12-2)5-8-3-4-8/h8,10H,3-6H2,1-2H3. The van der Waals surface area contributed by atoms with Crippen molar-refractivity contribution in [2.75, 3.05) is 13.7 Å². The Morgan fingerprint density at radius 2 is 2.25 bits per heavy atom. The largest absolute Gasteiger partial charge is 0.393 e. The highest BCUT2D eigenvalue weighted by molar-refractivity contribution is 5.85. The average Bonchev–Trinajstić information content (AvgIpc) is 2.83. The summed E-state index contributed by atoms with van der Waals surface area (Å²) >= 11 is 0. The van der Waals surface area contributed by atoms with Crippen LogP contribution in [0.5, 0.6) is 0 Å². The van der Waals surface area contributed by atoms with Crippen LogP contribution < -0.4 is 0 Å². The smallest absolute Gasteiger partial charge is 0.163 e. The van der Waals surface area contributed by atoms with Crippen LogP contribution in [-0.4, -0.2) is 30.2 Å². The SMILES string of the molecule is COC(CO)(CC1CC1)C(C)=O. The monoisotopic (exact) mass is 172 g/mol. The van der Waals surface area contributed by atoms with Crippen LogP contribution in [0.3, 0.4) is 0 Å². The molecule has 0 radical (unpaired) electrons. The van der Waals surface area contributed by atoms with Gasteiger partial charge in [0.1, 0.15) is 5.60 Å². The molecule has 0 aromatic rings. The van der Waals surface area contributed by atoms with Crippen molar-refractivity contribution in [1.29, 1.82) is 0 Å². The zero-order chi connectivity index (χ0) is 9.19. The van der Waals surface area contributed by atoms with Gasteiger partial charge in [0.2, 0.25) is 0 Å². The molecule has 0 amide bonds. The van der Waals surface area contributed by atoms with E-state index in [2.05, 4.69) is 0 Å². The molecule has 3 heteroatoms. The number of Topliss-reactive ketones (excluding diaryl/α,β-unsaturated/α-hetero) is 1. The summed E-state index contributed by atoms with van der Waals surface area (Å²) in [4.78, 5) is 11.2. The molecule has 1 aliphatic rings. The lowest BCUT2D eigenvalue weighted by molar-refractivity contribution is -0.145. The maximum Gasteiger partial charge on any atom is 0.163 e. The molecule has 1 atom stereocenters. The van der Waals surface area contributed by atoms with E-state index in [1.54, 1.807) is 0 Å². The van der Waals surface area contributed by atoms with Crippen molar-refractivity contribution in [3.8, 4) is 0 Å². The average molecular weight is 172 g/mol. The van der Waals surface area contributed by atoms with E-state index in [1.807, 2.05) is 0 Å². The van der Waals surface area contributed by atoms with Crippen molar-refractivity contribution >= 4 is 5.78 Å². The number of carbonyl (C=O) groups is 1. The lowest BCUT2D eigenvalue weighted by Gasteiger charge is -2.27. The minimum atomic E-state index is -0.916. The topological polar surface area (TPSA) is 46.5 Å². The molecule has 1 aliphatic carbocycles. The molecular formula is C9H16O3. The predicted molar refractivity (Wildman–Crippen MR) is 44.8 cm³/mol. The summed E-state index contributed by atoms with van der Waals surface area (Å²) in [5.74, 6) is 0.514. The summed E-state index contributed by atoms with van der Waals surface area (Å²) in [6.45, 7) is 1.28. The molecule has 1 rings (SSSR count). The maximum atomic E-state index is 11.2. The highest BCUT2D eigenvalue weighted by Gasteiger charge is 2.40. The fourth-order valence-electron chi connectivity index (χ4n) is 1.40. The van der Waals surface area contributed by atoms with Gasteiger partial charge >= 0.3 is 0 Å². The summed E-state index contributed by atoms with van der Waals surface area (Å²) < 4.78 is 5.10. The van der Waals surface area contributed by atoms with E-state index in [-0.39, 0.29) is 12.4 Å². The Labute approximate surface area is 72.7 Å². The van der Waals surface area contributed by atoms with Crippen molar-refractivity contribution in [1.82, 2.24) is 0 Å². The number of carbonyl (C=O) groups excluding carboxylic acids is 1. The van der Waals surface area contributed by atoms with Gasteiger partial charge < -0.3 is 9.84 Å². The fraction of sp³-hybridized carbons (Fsp3) is 0.889. The number of hydrogen-bond acceptors (Lipinski definition) is 3. The van der Waals surface area contributed by atoms with Crippen molar-refractivity contribution in [3.63, 3.8) is 0 Å². The Kier molecular flexibility index (Phi) is 2.85. The van der Waals surface area contributed by atoms with Crippen LogP contribution in [0.1, 0.15) is 26.2 Å². The van der Waals surface area contributed by atoms with Crippen LogP contribution in [0.2, 0.25) is 0 Å². The van der Waals surface area contributed by atoms with Gasteiger partial charge in [-0.2, -0.15) is 0 Å². The molecule has 0 aliphatic heterocycles. The fourth-order valence-corrected chi connectivity index (χ4v) is 1.40. The number of rotatable bonds is 5. The first-order chi connectivity index (χ1) is 5.64. The highest BCUT2D eigenvalue weighted by Crippen LogP contribution is 2.38. The lowest BCUT2D eigenvalue weighted by Crippen LogP contribution is -2.43. The van der Waals surface area contributed by atoms with Crippen LogP contribution in [0.4, 0.5) is 0 Å². The van der Waals surface area contributed by atoms with E-state index in [1.165, 1.54) is 26.9 Å². The molecule has 1 fully saturated rings. The quantitative estimate of drug-likeness (QED) is 0.665. The van der Waals surface area contributed by atoms with E-state index in [0.29, 0.717) is 12.3 Å². The van der Waals surface area contributed by atoms with Crippen LogP contribution >= 0.6 is 0 Å². The summed E-state index contributed by atoms with van der Waals surface area (Å²) in [7, 11) is 1.49. The second kappa shape index (κ2) is 3.54. The summed E-state index contributed by atoms with van der Waals surface area (Å²) in [6, 6.07) is 0. The van der Waals surface area contributed by atoms with Gasteiger partial charge in [-0.15, -0.1) is 0 Å². The summed E-state index contributed by atoms with van der Waals surface area (Å²) in [5, 5.41) is 9.08. The number of methoxy groups -OCH3 is 1. The van der Waals surface area contributed by atoms with Gasteiger partial charge in [-0.05, 0) is 19.3 Å². The van der Waals surface area contributed by atoms with Crippen LogP contribution in [0.25, 0.3) is 0 Å². The van der Waals surface area contributed by atoms with Crippen LogP contribution in [-0.2, 0) is 9.53 Å². The number of aliphatic hydroxyl groups is 1. The van der Waals surface area contributed by atoms with E-state index in [4.69, 9.17) is 9.84 Å². The first kappa shape index (κ1) is 9.68. The van der Waals surface area contributed by atoms with Gasteiger partial charge in [0, 0.05) is 7.11 Å². The number of ether oxygens (including phenoxy) is 1. The van der Waals surface area contributed by atoms with Gasteiger partial charge in [-0.1, -0.05) is 12.8 Å². The Balaban J connectivity index is 2.60. The molecular weight excluding hydrogens is 156 g/mol. The number of hydrogen-bond donors (Lipinski definition) is 1. The van der Waals surface area contributed by atoms with Gasteiger partial charge in [-0.25, -0.2) is 0 Å². The van der Waals surface area contributed by atoms with Gasteiger partial charge in [0.05, 0.1) is 6.61 Å². The maximum absolute atomic E-state index is 11.2. The first-order valence-corrected chi connectivity index (χ1v) is 4.31. The minimum Gasteiger partial charge on any atom is -0.393 e. The van der Waals surface area contributed by atoms with Crippen molar-refractivity contribution in [3.05, 3.63) is 0 Å². The summed E-state index contributed by atoms with van der Waals surface area (Å²) in [5.41, 5.74) is -0.916. The normalized spacial score (nSPS) is 21.9. The van der Waals surface area contributed by atoms with Crippen molar-refractivity contribution < 1.29 is 14.6 Å². The van der Waals surface area contributed by atoms with Crippen LogP contribution in [0.15, 0.2) is 0 Å². The second-order valence-electron chi connectivity index (χ2n) is 3.56. The number of ketones is 1. The minimum absolute atomic E-state index is 0.0700. The zero-order valence-electron chi connectivity index (χ0n) is 7.67. The molecule has 3 nitrogen and oxygen atoms in total. The van der Waals surface area contributed by atoms with Gasteiger partial charge in [-0.3, -0.25) is 4.79 Å². The van der Waals surface area contributed by atoms with E-state index in [0.717, 1.165) is 0 Å². The molecule has 0 saturated heterocycles. The number of aliphatic hydroxyl groups excluding tert-OH is 1. The molecule has 0 spiro atoms.